The molecule has 2 heterocycles. The van der Waals surface area contributed by atoms with Crippen LogP contribution in [-0.2, 0) is 21.2 Å². The van der Waals surface area contributed by atoms with Gasteiger partial charge in [-0.1, -0.05) is 42.0 Å². The van der Waals surface area contributed by atoms with Gasteiger partial charge in [0.15, 0.2) is 0 Å². The molecule has 1 fully saturated rings. The van der Waals surface area contributed by atoms with Gasteiger partial charge in [-0.15, -0.1) is 0 Å². The summed E-state index contributed by atoms with van der Waals surface area (Å²) >= 11 is 0. The van der Waals surface area contributed by atoms with E-state index in [1.807, 2.05) is 56.0 Å². The molecule has 0 aliphatic carbocycles. The number of benzene rings is 2. The zero-order valence-corrected chi connectivity index (χ0v) is 16.7. The average molecular weight is 385 g/mol. The van der Waals surface area contributed by atoms with Gasteiger partial charge >= 0.3 is 0 Å². The highest BCUT2D eigenvalue weighted by atomic mass is 32.2. The van der Waals surface area contributed by atoms with Gasteiger partial charge in [0.2, 0.25) is 15.9 Å². The van der Waals surface area contributed by atoms with Crippen LogP contribution in [0.2, 0.25) is 0 Å². The summed E-state index contributed by atoms with van der Waals surface area (Å²) in [5, 5.41) is 0. The molecule has 2 aliphatic heterocycles. The maximum atomic E-state index is 13.4. The Morgan fingerprint density at radius 3 is 2.41 bits per heavy atom. The molecule has 27 heavy (non-hydrogen) atoms. The van der Waals surface area contributed by atoms with Gasteiger partial charge in [0.25, 0.3) is 0 Å². The molecule has 0 saturated carbocycles. The minimum atomic E-state index is -3.74. The molecule has 0 aromatic heterocycles. The summed E-state index contributed by atoms with van der Waals surface area (Å²) in [5.74, 6) is -0.119. The van der Waals surface area contributed by atoms with Crippen LogP contribution in [-0.4, -0.2) is 43.2 Å². The molecule has 0 unspecified atom stereocenters. The lowest BCUT2D eigenvalue weighted by atomic mass is 9.91. The molecule has 0 bridgehead atoms. The first-order chi connectivity index (χ1) is 12.8. The second-order valence-electron chi connectivity index (χ2n) is 7.58. The number of amides is 1. The number of nitrogens with zero attached hydrogens (tertiary/aromatic N) is 2. The summed E-state index contributed by atoms with van der Waals surface area (Å²) in [4.78, 5) is 14.9. The number of sulfonamides is 1. The van der Waals surface area contributed by atoms with E-state index < -0.39 is 10.0 Å². The van der Waals surface area contributed by atoms with Crippen molar-refractivity contribution >= 4 is 15.9 Å². The van der Waals surface area contributed by atoms with Gasteiger partial charge < -0.3 is 4.90 Å². The summed E-state index contributed by atoms with van der Waals surface area (Å²) in [6, 6.07) is 11.6. The summed E-state index contributed by atoms with van der Waals surface area (Å²) in [7, 11) is -3.74. The molecule has 2 aromatic rings. The number of hydrogen-bond donors (Lipinski definition) is 0. The van der Waals surface area contributed by atoms with Gasteiger partial charge in [0.1, 0.15) is 0 Å². The highest BCUT2D eigenvalue weighted by Gasteiger charge is 2.42. The highest BCUT2D eigenvalue weighted by molar-refractivity contribution is 7.89. The van der Waals surface area contributed by atoms with E-state index in [0.717, 1.165) is 28.7 Å². The maximum absolute atomic E-state index is 13.4. The molecule has 2 aromatic carbocycles. The van der Waals surface area contributed by atoms with Crippen LogP contribution in [0, 0.1) is 20.8 Å². The van der Waals surface area contributed by atoms with Crippen molar-refractivity contribution in [2.24, 2.45) is 0 Å². The van der Waals surface area contributed by atoms with E-state index in [0.29, 0.717) is 18.0 Å². The number of rotatable bonds is 2. The van der Waals surface area contributed by atoms with Crippen LogP contribution in [0.1, 0.15) is 33.9 Å². The molecular weight excluding hydrogens is 360 g/mol. The molecule has 1 amide bonds. The number of hydrogen-bond acceptors (Lipinski definition) is 3. The lowest BCUT2D eigenvalue weighted by molar-refractivity contribution is -0.138. The number of carbonyl (C=O) groups is 1. The van der Waals surface area contributed by atoms with Crippen LogP contribution in [0.25, 0.3) is 0 Å². The zero-order chi connectivity index (χ0) is 19.3. The summed E-state index contributed by atoms with van der Waals surface area (Å²) in [6.45, 7) is 6.46. The number of carbonyl (C=O) groups excluding carboxylic acids is 1. The van der Waals surface area contributed by atoms with Crippen LogP contribution >= 0.6 is 0 Å². The lowest BCUT2D eigenvalue weighted by Crippen LogP contribution is -2.55. The standard InChI is InChI=1S/C21H24N2O3S/c1-14-10-15(2)21(16(3)11-14)27(25,26)22-12-19-18-7-5-4-6-17(18)8-9-23(19)20(24)13-22/h4-7,10-11,19H,8-9,12-13H2,1-3H3/t19-/m0/s1. The summed E-state index contributed by atoms with van der Waals surface area (Å²) in [5.41, 5.74) is 4.76. The molecule has 142 valence electrons. The van der Waals surface area contributed by atoms with E-state index in [4.69, 9.17) is 0 Å². The quantitative estimate of drug-likeness (QED) is 0.800. The number of aryl methyl sites for hydroxylation is 3. The van der Waals surface area contributed by atoms with Crippen LogP contribution < -0.4 is 0 Å². The van der Waals surface area contributed by atoms with Crippen molar-refractivity contribution in [3.63, 3.8) is 0 Å². The Morgan fingerprint density at radius 1 is 1.04 bits per heavy atom. The van der Waals surface area contributed by atoms with Gasteiger partial charge in [-0.3, -0.25) is 4.79 Å². The van der Waals surface area contributed by atoms with E-state index in [2.05, 4.69) is 6.07 Å². The molecule has 5 nitrogen and oxygen atoms in total. The van der Waals surface area contributed by atoms with Crippen LogP contribution in [0.4, 0.5) is 0 Å². The Balaban J connectivity index is 1.75. The molecule has 2 aliphatic rings. The molecule has 1 atom stereocenters. The molecule has 6 heteroatoms. The first-order valence-corrected chi connectivity index (χ1v) is 10.7. The third kappa shape index (κ3) is 2.97. The molecule has 0 spiro atoms. The van der Waals surface area contributed by atoms with Crippen LogP contribution in [0.5, 0.6) is 0 Å². The zero-order valence-electron chi connectivity index (χ0n) is 15.9. The summed E-state index contributed by atoms with van der Waals surface area (Å²) in [6.07, 6.45) is 0.821. The van der Waals surface area contributed by atoms with Gasteiger partial charge in [0.05, 0.1) is 17.5 Å². The van der Waals surface area contributed by atoms with Gasteiger partial charge in [-0.25, -0.2) is 8.42 Å². The smallest absolute Gasteiger partial charge is 0.244 e. The molecule has 0 radical (unpaired) electrons. The van der Waals surface area contributed by atoms with Crippen molar-refractivity contribution < 1.29 is 13.2 Å². The predicted molar refractivity (Wildman–Crippen MR) is 104 cm³/mol. The largest absolute Gasteiger partial charge is 0.333 e. The molecule has 4 rings (SSSR count). The van der Waals surface area contributed by atoms with Crippen molar-refractivity contribution in [1.29, 1.82) is 0 Å². The second-order valence-corrected chi connectivity index (χ2v) is 9.45. The monoisotopic (exact) mass is 384 g/mol. The van der Waals surface area contributed by atoms with E-state index >= 15 is 0 Å². The van der Waals surface area contributed by atoms with Gasteiger partial charge in [-0.05, 0) is 49.4 Å². The average Bonchev–Trinajstić information content (AvgIpc) is 2.60. The Kier molecular flexibility index (Phi) is 4.35. The molecule has 0 N–H and O–H groups in total. The Morgan fingerprint density at radius 2 is 1.70 bits per heavy atom. The fourth-order valence-electron chi connectivity index (χ4n) is 4.53. The number of fused-ring (bicyclic) bond motifs is 3. The third-order valence-electron chi connectivity index (χ3n) is 5.62. The minimum Gasteiger partial charge on any atom is -0.333 e. The van der Waals surface area contributed by atoms with E-state index in [1.54, 1.807) is 0 Å². The van der Waals surface area contributed by atoms with Crippen molar-refractivity contribution in [2.75, 3.05) is 19.6 Å². The third-order valence-corrected chi connectivity index (χ3v) is 7.74. The molecule has 1 saturated heterocycles. The van der Waals surface area contributed by atoms with Crippen LogP contribution in [0.3, 0.4) is 0 Å². The van der Waals surface area contributed by atoms with Crippen molar-refractivity contribution in [3.8, 4) is 0 Å². The van der Waals surface area contributed by atoms with E-state index in [-0.39, 0.29) is 18.5 Å². The Labute approximate surface area is 160 Å². The fraction of sp³-hybridized carbons (Fsp3) is 0.381. The van der Waals surface area contributed by atoms with E-state index in [9.17, 15) is 13.2 Å². The van der Waals surface area contributed by atoms with Crippen molar-refractivity contribution in [2.45, 2.75) is 38.1 Å². The summed E-state index contributed by atoms with van der Waals surface area (Å²) < 4.78 is 28.2. The normalized spacial score (nSPS) is 20.3. The topological polar surface area (TPSA) is 57.7 Å². The van der Waals surface area contributed by atoms with Crippen molar-refractivity contribution in [3.05, 3.63) is 64.2 Å². The minimum absolute atomic E-state index is 0.0895. The second kappa shape index (κ2) is 6.46. The Bertz CT molecular complexity index is 1010. The SMILES string of the molecule is Cc1cc(C)c(S(=O)(=O)N2CC(=O)N3CCc4ccccc4[C@@H]3C2)c(C)c1. The van der Waals surface area contributed by atoms with Crippen LogP contribution in [0.15, 0.2) is 41.3 Å². The predicted octanol–water partition coefficient (Wildman–Crippen LogP) is 2.74. The fourth-order valence-corrected chi connectivity index (χ4v) is 6.34. The van der Waals surface area contributed by atoms with Gasteiger partial charge in [-0.2, -0.15) is 4.31 Å². The van der Waals surface area contributed by atoms with E-state index in [1.165, 1.54) is 9.87 Å². The first-order valence-electron chi connectivity index (χ1n) is 9.24. The Hall–Kier alpha value is -2.18. The lowest BCUT2D eigenvalue weighted by Gasteiger charge is -2.44. The van der Waals surface area contributed by atoms with Crippen molar-refractivity contribution in [1.82, 2.24) is 9.21 Å². The van der Waals surface area contributed by atoms with Gasteiger partial charge in [0, 0.05) is 13.1 Å². The molecular formula is C21H24N2O3S. The first kappa shape index (κ1) is 18.2. The number of piperazine rings is 1. The highest BCUT2D eigenvalue weighted by Crippen LogP contribution is 2.35. The maximum Gasteiger partial charge on any atom is 0.244 e.